The minimum Gasteiger partial charge on any atom is -0.427 e. The molecule has 0 N–H and O–H groups in total. The summed E-state index contributed by atoms with van der Waals surface area (Å²) in [5.41, 5.74) is 0.510. The number of carbonyl (C=O) groups excluding carboxylic acids is 1. The lowest BCUT2D eigenvalue weighted by atomic mass is 10.3. The third kappa shape index (κ3) is 1.67. The number of hydrogen-bond acceptors (Lipinski definition) is 5. The van der Waals surface area contributed by atoms with Crippen LogP contribution in [0, 0.1) is 0 Å². The minimum absolute atomic E-state index is 0.361. The van der Waals surface area contributed by atoms with Gasteiger partial charge in [-0.05, 0) is 12.1 Å². The van der Waals surface area contributed by atoms with Gasteiger partial charge in [0.2, 0.25) is 0 Å². The Morgan fingerprint density at radius 1 is 1.50 bits per heavy atom. The molecule has 2 rings (SSSR count). The van der Waals surface area contributed by atoms with Crippen molar-refractivity contribution in [3.05, 3.63) is 27.9 Å². The van der Waals surface area contributed by atoms with Gasteiger partial charge in [0.25, 0.3) is 0 Å². The maximum absolute atomic E-state index is 10.9. The molecule has 0 aliphatic carbocycles. The SMILES string of the molecule is CC(=O)Oc1ccc2oc(=O)sc2c1. The predicted molar refractivity (Wildman–Crippen MR) is 51.7 cm³/mol. The fourth-order valence-electron chi connectivity index (χ4n) is 1.08. The second kappa shape index (κ2) is 3.26. The van der Waals surface area contributed by atoms with Crippen molar-refractivity contribution >= 4 is 27.6 Å². The molecule has 1 heterocycles. The summed E-state index contributed by atoms with van der Waals surface area (Å²) in [5, 5.41) is 0. The molecule has 14 heavy (non-hydrogen) atoms. The lowest BCUT2D eigenvalue weighted by molar-refractivity contribution is -0.131. The van der Waals surface area contributed by atoms with Crippen molar-refractivity contribution in [2.24, 2.45) is 0 Å². The van der Waals surface area contributed by atoms with Gasteiger partial charge in [-0.1, -0.05) is 11.3 Å². The molecule has 0 saturated carbocycles. The molecule has 0 fully saturated rings. The third-order valence-corrected chi connectivity index (χ3v) is 2.35. The van der Waals surface area contributed by atoms with Crippen molar-refractivity contribution in [2.45, 2.75) is 6.92 Å². The molecular weight excluding hydrogens is 204 g/mol. The zero-order valence-corrected chi connectivity index (χ0v) is 8.09. The Kier molecular flexibility index (Phi) is 2.09. The standard InChI is InChI=1S/C9H6O4S/c1-5(10)12-6-2-3-7-8(4-6)14-9(11)13-7/h2-4H,1H3. The number of carbonyl (C=O) groups is 1. The minimum atomic E-state index is -0.389. The van der Waals surface area contributed by atoms with Crippen LogP contribution in [0.25, 0.3) is 10.3 Å². The van der Waals surface area contributed by atoms with E-state index in [-0.39, 0.29) is 10.9 Å². The van der Waals surface area contributed by atoms with Gasteiger partial charge in [-0.15, -0.1) is 0 Å². The monoisotopic (exact) mass is 210 g/mol. The molecule has 0 aliphatic rings. The Morgan fingerprint density at radius 3 is 3.00 bits per heavy atom. The summed E-state index contributed by atoms with van der Waals surface area (Å²) in [7, 11) is 0. The Labute approximate surface area is 82.7 Å². The summed E-state index contributed by atoms with van der Waals surface area (Å²) in [6.45, 7) is 1.32. The molecule has 72 valence electrons. The summed E-state index contributed by atoms with van der Waals surface area (Å²) < 4.78 is 10.4. The summed E-state index contributed by atoms with van der Waals surface area (Å²) in [5.74, 6) is 0.0299. The van der Waals surface area contributed by atoms with Gasteiger partial charge < -0.3 is 9.15 Å². The van der Waals surface area contributed by atoms with E-state index in [0.29, 0.717) is 16.0 Å². The van der Waals surface area contributed by atoms with Crippen LogP contribution in [0.1, 0.15) is 6.92 Å². The molecule has 0 atom stereocenters. The fraction of sp³-hybridized carbons (Fsp3) is 0.111. The van der Waals surface area contributed by atoms with Gasteiger partial charge in [-0.3, -0.25) is 4.79 Å². The quantitative estimate of drug-likeness (QED) is 0.531. The number of benzene rings is 1. The van der Waals surface area contributed by atoms with Crippen LogP contribution in [0.4, 0.5) is 0 Å². The van der Waals surface area contributed by atoms with Gasteiger partial charge in [0.05, 0.1) is 4.70 Å². The van der Waals surface area contributed by atoms with Crippen molar-refractivity contribution in [1.82, 2.24) is 0 Å². The molecule has 0 radical (unpaired) electrons. The van der Waals surface area contributed by atoms with Gasteiger partial charge in [0.15, 0.2) is 0 Å². The number of esters is 1. The van der Waals surface area contributed by atoms with Gasteiger partial charge in [0.1, 0.15) is 11.3 Å². The van der Waals surface area contributed by atoms with Crippen molar-refractivity contribution < 1.29 is 13.9 Å². The van der Waals surface area contributed by atoms with E-state index in [2.05, 4.69) is 0 Å². The van der Waals surface area contributed by atoms with E-state index in [1.165, 1.54) is 6.92 Å². The van der Waals surface area contributed by atoms with Crippen molar-refractivity contribution in [2.75, 3.05) is 0 Å². The van der Waals surface area contributed by atoms with E-state index in [4.69, 9.17) is 9.15 Å². The van der Waals surface area contributed by atoms with Crippen LogP contribution in [-0.2, 0) is 4.79 Å². The Morgan fingerprint density at radius 2 is 2.29 bits per heavy atom. The van der Waals surface area contributed by atoms with Crippen LogP contribution >= 0.6 is 11.3 Å². The molecule has 2 aromatic rings. The molecule has 0 bridgehead atoms. The summed E-state index contributed by atoms with van der Waals surface area (Å²) in [4.78, 5) is 21.2. The second-order valence-corrected chi connectivity index (χ2v) is 3.63. The zero-order chi connectivity index (χ0) is 10.1. The van der Waals surface area contributed by atoms with Crippen molar-refractivity contribution in [3.8, 4) is 5.75 Å². The molecular formula is C9H6O4S. The molecule has 0 amide bonds. The lowest BCUT2D eigenvalue weighted by Crippen LogP contribution is -2.00. The average molecular weight is 210 g/mol. The summed E-state index contributed by atoms with van der Waals surface area (Å²) >= 11 is 0.980. The summed E-state index contributed by atoms with van der Waals surface area (Å²) in [6, 6.07) is 4.79. The zero-order valence-electron chi connectivity index (χ0n) is 7.27. The maximum atomic E-state index is 10.9. The van der Waals surface area contributed by atoms with Crippen LogP contribution in [0.5, 0.6) is 5.75 Å². The van der Waals surface area contributed by atoms with Crippen LogP contribution < -0.4 is 9.68 Å². The largest absolute Gasteiger partial charge is 0.427 e. The number of fused-ring (bicyclic) bond motifs is 1. The number of ether oxygens (including phenoxy) is 1. The molecule has 5 heteroatoms. The Hall–Kier alpha value is -1.62. The molecule has 0 spiro atoms. The highest BCUT2D eigenvalue weighted by atomic mass is 32.1. The van der Waals surface area contributed by atoms with Crippen LogP contribution in [0.15, 0.2) is 27.4 Å². The second-order valence-electron chi connectivity index (χ2n) is 2.66. The Balaban J connectivity index is 2.50. The van der Waals surface area contributed by atoms with Crippen LogP contribution in [0.3, 0.4) is 0 Å². The van der Waals surface area contributed by atoms with Crippen LogP contribution in [-0.4, -0.2) is 5.97 Å². The van der Waals surface area contributed by atoms with Crippen molar-refractivity contribution in [3.63, 3.8) is 0 Å². The first-order chi connectivity index (χ1) is 6.65. The first-order valence-electron chi connectivity index (χ1n) is 3.87. The van der Waals surface area contributed by atoms with Gasteiger partial charge in [-0.25, -0.2) is 4.79 Å². The first-order valence-corrected chi connectivity index (χ1v) is 4.69. The highest BCUT2D eigenvalue weighted by Gasteiger charge is 2.04. The molecule has 0 unspecified atom stereocenters. The molecule has 0 aliphatic heterocycles. The molecule has 1 aromatic carbocycles. The van der Waals surface area contributed by atoms with E-state index >= 15 is 0 Å². The predicted octanol–water partition coefficient (Wildman–Crippen LogP) is 1.78. The van der Waals surface area contributed by atoms with E-state index in [0.717, 1.165) is 11.3 Å². The average Bonchev–Trinajstić information content (AvgIpc) is 2.42. The van der Waals surface area contributed by atoms with Gasteiger partial charge in [-0.2, -0.15) is 0 Å². The van der Waals surface area contributed by atoms with E-state index in [9.17, 15) is 9.59 Å². The molecule has 1 aromatic heterocycles. The molecule has 4 nitrogen and oxygen atoms in total. The van der Waals surface area contributed by atoms with Gasteiger partial charge in [0, 0.05) is 13.0 Å². The first kappa shape index (κ1) is 8.96. The third-order valence-electron chi connectivity index (χ3n) is 1.56. The number of hydrogen-bond donors (Lipinski definition) is 0. The normalized spacial score (nSPS) is 10.4. The lowest BCUT2D eigenvalue weighted by Gasteiger charge is -1.98. The maximum Gasteiger partial charge on any atom is 0.396 e. The topological polar surface area (TPSA) is 56.5 Å². The summed E-state index contributed by atoms with van der Waals surface area (Å²) in [6.07, 6.45) is 0. The van der Waals surface area contributed by atoms with E-state index in [1.54, 1.807) is 18.2 Å². The molecule has 0 saturated heterocycles. The van der Waals surface area contributed by atoms with Crippen LogP contribution in [0.2, 0.25) is 0 Å². The Bertz CT molecular complexity index is 537. The number of rotatable bonds is 1. The van der Waals surface area contributed by atoms with Gasteiger partial charge >= 0.3 is 10.9 Å². The van der Waals surface area contributed by atoms with Crippen molar-refractivity contribution in [1.29, 1.82) is 0 Å². The smallest absolute Gasteiger partial charge is 0.396 e. The van der Waals surface area contributed by atoms with E-state index < -0.39 is 0 Å². The fourth-order valence-corrected chi connectivity index (χ4v) is 1.78. The highest BCUT2D eigenvalue weighted by molar-refractivity contribution is 7.16. The highest BCUT2D eigenvalue weighted by Crippen LogP contribution is 2.22. The van der Waals surface area contributed by atoms with E-state index in [1.807, 2.05) is 0 Å².